The van der Waals surface area contributed by atoms with Crippen LogP contribution in [0.1, 0.15) is 87.6 Å². The largest absolute Gasteiger partial charge is 0.433 e. The van der Waals surface area contributed by atoms with Crippen LogP contribution in [0.2, 0.25) is 0 Å². The van der Waals surface area contributed by atoms with E-state index >= 15 is 0 Å². The molecule has 2 aliphatic rings. The van der Waals surface area contributed by atoms with Crippen molar-refractivity contribution in [1.82, 2.24) is 34.8 Å². The highest BCUT2D eigenvalue weighted by Crippen LogP contribution is 2.44. The summed E-state index contributed by atoms with van der Waals surface area (Å²) in [6, 6.07) is 8.86. The number of rotatable bonds is 6. The van der Waals surface area contributed by atoms with Crippen LogP contribution in [0.3, 0.4) is 0 Å². The molecule has 0 spiro atoms. The first-order valence-corrected chi connectivity index (χ1v) is 14.0. The van der Waals surface area contributed by atoms with E-state index in [2.05, 4.69) is 36.3 Å². The maximum atomic E-state index is 14.0. The Morgan fingerprint density at radius 3 is 2.41 bits per heavy atom. The Bertz CT molecular complexity index is 1410. The van der Waals surface area contributed by atoms with E-state index in [0.717, 1.165) is 61.8 Å². The minimum Gasteiger partial charge on any atom is -0.320 e. The van der Waals surface area contributed by atoms with Gasteiger partial charge in [0.2, 0.25) is 0 Å². The van der Waals surface area contributed by atoms with Crippen molar-refractivity contribution in [2.45, 2.75) is 71.0 Å². The summed E-state index contributed by atoms with van der Waals surface area (Å²) in [6.07, 6.45) is 2.67. The number of fused-ring (bicyclic) bond motifs is 1. The summed E-state index contributed by atoms with van der Waals surface area (Å²) in [5.41, 5.74) is 2.43. The molecule has 2 atom stereocenters. The highest BCUT2D eigenvalue weighted by Gasteiger charge is 2.36. The van der Waals surface area contributed by atoms with Crippen molar-refractivity contribution in [3.05, 3.63) is 59.4 Å². The van der Waals surface area contributed by atoms with Crippen LogP contribution >= 0.6 is 0 Å². The lowest BCUT2D eigenvalue weighted by molar-refractivity contribution is -0.141. The molecule has 208 valence electrons. The summed E-state index contributed by atoms with van der Waals surface area (Å²) >= 11 is 0. The van der Waals surface area contributed by atoms with Gasteiger partial charge in [0, 0.05) is 23.9 Å². The molecule has 39 heavy (non-hydrogen) atoms. The molecule has 2 unspecified atom stereocenters. The summed E-state index contributed by atoms with van der Waals surface area (Å²) in [4.78, 5) is 6.29. The van der Waals surface area contributed by atoms with Crippen LogP contribution < -0.4 is 0 Å². The highest BCUT2D eigenvalue weighted by atomic mass is 19.4. The zero-order valence-electron chi connectivity index (χ0n) is 23.0. The molecule has 1 saturated carbocycles. The van der Waals surface area contributed by atoms with Crippen molar-refractivity contribution < 1.29 is 13.2 Å². The molecule has 1 aromatic carbocycles. The average molecular weight is 540 g/mol. The SMILES string of the molecule is CC.CC(c1nc(C(F)(F)F)cc2c(-c3cccc(C(c4nncn4C)C4CCC4)c3)n[nH]c12)N1CCCC1. The number of aromatic amines is 1. The number of hydrogen-bond donors (Lipinski definition) is 1. The Labute approximate surface area is 226 Å². The molecule has 3 aromatic heterocycles. The lowest BCUT2D eigenvalue weighted by Gasteiger charge is -2.33. The number of pyridine rings is 1. The van der Waals surface area contributed by atoms with Gasteiger partial charge in [0.25, 0.3) is 0 Å². The Morgan fingerprint density at radius 1 is 1.05 bits per heavy atom. The van der Waals surface area contributed by atoms with Gasteiger partial charge in [-0.15, -0.1) is 10.2 Å². The van der Waals surface area contributed by atoms with Crippen LogP contribution in [0.15, 0.2) is 36.7 Å². The van der Waals surface area contributed by atoms with Gasteiger partial charge in [0.05, 0.1) is 17.3 Å². The maximum absolute atomic E-state index is 14.0. The predicted octanol–water partition coefficient (Wildman–Crippen LogP) is 6.89. The fourth-order valence-electron chi connectivity index (χ4n) is 5.87. The van der Waals surface area contributed by atoms with Gasteiger partial charge in [-0.1, -0.05) is 38.5 Å². The van der Waals surface area contributed by atoms with Crippen LogP contribution in [-0.4, -0.2) is 47.9 Å². The maximum Gasteiger partial charge on any atom is 0.433 e. The van der Waals surface area contributed by atoms with Crippen molar-refractivity contribution in [2.75, 3.05) is 13.1 Å². The minimum absolute atomic E-state index is 0.0737. The van der Waals surface area contributed by atoms with Gasteiger partial charge in [0.1, 0.15) is 23.5 Å². The fraction of sp³-hybridized carbons (Fsp3) is 0.517. The van der Waals surface area contributed by atoms with Crippen molar-refractivity contribution in [2.24, 2.45) is 13.0 Å². The van der Waals surface area contributed by atoms with Gasteiger partial charge in [-0.25, -0.2) is 4.98 Å². The van der Waals surface area contributed by atoms with Gasteiger partial charge >= 0.3 is 6.18 Å². The molecule has 2 fully saturated rings. The van der Waals surface area contributed by atoms with Crippen molar-refractivity contribution >= 4 is 10.9 Å². The predicted molar refractivity (Wildman–Crippen MR) is 145 cm³/mol. The molecule has 0 radical (unpaired) electrons. The monoisotopic (exact) mass is 539 g/mol. The quantitative estimate of drug-likeness (QED) is 0.289. The lowest BCUT2D eigenvalue weighted by Crippen LogP contribution is -2.25. The molecule has 4 heterocycles. The molecule has 0 bridgehead atoms. The number of benzene rings is 1. The first-order chi connectivity index (χ1) is 18.8. The van der Waals surface area contributed by atoms with Crippen LogP contribution in [0.25, 0.3) is 22.2 Å². The van der Waals surface area contributed by atoms with Crippen LogP contribution in [0, 0.1) is 5.92 Å². The van der Waals surface area contributed by atoms with Gasteiger partial charge < -0.3 is 4.57 Å². The molecule has 7 nitrogen and oxygen atoms in total. The topological polar surface area (TPSA) is 75.5 Å². The van der Waals surface area contributed by atoms with E-state index < -0.39 is 11.9 Å². The second-order valence-corrected chi connectivity index (χ2v) is 10.4. The van der Waals surface area contributed by atoms with Crippen LogP contribution in [0.5, 0.6) is 0 Å². The standard InChI is InChI=1S/C27H30F3N7.C2H6/c1-16(37-11-3-4-12-37)23-25-20(14-21(32-23)27(28,29)30)24(33-34-25)19-10-6-9-18(13-19)22(17-7-5-8-17)26-35-31-15-36(26)2;1-2/h6,9-10,13-17,22H,3-5,7-8,11-12H2,1-2H3,(H,33,34);1-2H3. The van der Waals surface area contributed by atoms with E-state index in [-0.39, 0.29) is 12.0 Å². The zero-order valence-corrected chi connectivity index (χ0v) is 23.0. The first kappa shape index (κ1) is 27.3. The number of nitrogens with one attached hydrogen (secondary N) is 1. The summed E-state index contributed by atoms with van der Waals surface area (Å²) in [5, 5.41) is 16.5. The van der Waals surface area contributed by atoms with Gasteiger partial charge in [-0.2, -0.15) is 18.3 Å². The number of halogens is 3. The van der Waals surface area contributed by atoms with Crippen LogP contribution in [-0.2, 0) is 13.2 Å². The molecule has 0 amide bonds. The number of likely N-dealkylation sites (tertiary alicyclic amines) is 1. The number of aryl methyl sites for hydroxylation is 1. The molecule has 4 aromatic rings. The molecule has 1 aliphatic carbocycles. The van der Waals surface area contributed by atoms with E-state index in [0.29, 0.717) is 28.2 Å². The third-order valence-electron chi connectivity index (χ3n) is 8.12. The number of hydrogen-bond acceptors (Lipinski definition) is 5. The van der Waals surface area contributed by atoms with E-state index in [1.54, 1.807) is 6.33 Å². The third-order valence-corrected chi connectivity index (χ3v) is 8.12. The van der Waals surface area contributed by atoms with E-state index in [9.17, 15) is 13.2 Å². The third kappa shape index (κ3) is 5.18. The molecule has 6 rings (SSSR count). The van der Waals surface area contributed by atoms with E-state index in [4.69, 9.17) is 0 Å². The molecule has 1 saturated heterocycles. The van der Waals surface area contributed by atoms with Crippen molar-refractivity contribution in [1.29, 1.82) is 0 Å². The second kappa shape index (κ2) is 11.1. The van der Waals surface area contributed by atoms with Crippen LogP contribution in [0.4, 0.5) is 13.2 Å². The highest BCUT2D eigenvalue weighted by molar-refractivity contribution is 5.94. The number of alkyl halides is 3. The van der Waals surface area contributed by atoms with Crippen molar-refractivity contribution in [3.8, 4) is 11.3 Å². The normalized spacial score (nSPS) is 18.0. The minimum atomic E-state index is -4.55. The zero-order chi connectivity index (χ0) is 27.7. The smallest absolute Gasteiger partial charge is 0.320 e. The number of H-pyrrole nitrogens is 1. The summed E-state index contributed by atoms with van der Waals surface area (Å²) in [7, 11) is 1.95. The van der Waals surface area contributed by atoms with E-state index in [1.807, 2.05) is 50.6 Å². The molecule has 1 aliphatic heterocycles. The van der Waals surface area contributed by atoms with Gasteiger partial charge in [0.15, 0.2) is 0 Å². The van der Waals surface area contributed by atoms with Gasteiger partial charge in [-0.3, -0.25) is 10.00 Å². The molecule has 1 N–H and O–H groups in total. The van der Waals surface area contributed by atoms with Gasteiger partial charge in [-0.05, 0) is 69.3 Å². The Morgan fingerprint density at radius 2 is 1.79 bits per heavy atom. The Kier molecular flexibility index (Phi) is 7.75. The summed E-state index contributed by atoms with van der Waals surface area (Å²) in [5.74, 6) is 1.44. The fourth-order valence-corrected chi connectivity index (χ4v) is 5.87. The second-order valence-electron chi connectivity index (χ2n) is 10.4. The molecular formula is C29H36F3N7. The average Bonchev–Trinajstić information content (AvgIpc) is 3.67. The summed E-state index contributed by atoms with van der Waals surface area (Å²) in [6.45, 7) is 7.64. The Hall–Kier alpha value is -3.27. The number of aromatic nitrogens is 6. The summed E-state index contributed by atoms with van der Waals surface area (Å²) < 4.78 is 43.8. The van der Waals surface area contributed by atoms with Crippen molar-refractivity contribution in [3.63, 3.8) is 0 Å². The number of nitrogens with zero attached hydrogens (tertiary/aromatic N) is 6. The Balaban J connectivity index is 0.00000151. The lowest BCUT2D eigenvalue weighted by atomic mass is 9.72. The van der Waals surface area contributed by atoms with E-state index in [1.165, 1.54) is 6.42 Å². The molecular weight excluding hydrogens is 503 g/mol. The molecule has 10 heteroatoms. The first-order valence-electron chi connectivity index (χ1n) is 14.0.